The summed E-state index contributed by atoms with van der Waals surface area (Å²) in [5.41, 5.74) is 3.39. The fourth-order valence-electron chi connectivity index (χ4n) is 2.21. The summed E-state index contributed by atoms with van der Waals surface area (Å²) in [5, 5.41) is 11.3. The van der Waals surface area contributed by atoms with Crippen LogP contribution in [0.25, 0.3) is 10.9 Å². The van der Waals surface area contributed by atoms with Crippen molar-refractivity contribution in [1.29, 1.82) is 0 Å². The van der Waals surface area contributed by atoms with Gasteiger partial charge in [0.2, 0.25) is 0 Å². The van der Waals surface area contributed by atoms with E-state index in [4.69, 9.17) is 0 Å². The maximum atomic E-state index is 4.44. The number of anilines is 1. The number of aromatic nitrogens is 1. The molecule has 1 aromatic carbocycles. The third-order valence-electron chi connectivity index (χ3n) is 3.15. The number of aryl methyl sites for hydroxylation is 1. The fourth-order valence-corrected chi connectivity index (χ4v) is 2.21. The average molecular weight is 228 g/mol. The summed E-state index contributed by atoms with van der Waals surface area (Å²) in [5.74, 6) is 0. The van der Waals surface area contributed by atoms with E-state index in [1.165, 1.54) is 10.9 Å². The highest BCUT2D eigenvalue weighted by atomic mass is 15.3. The molecule has 1 saturated heterocycles. The molecule has 4 heteroatoms. The normalized spacial score (nSPS) is 16.5. The van der Waals surface area contributed by atoms with Crippen LogP contribution in [0.15, 0.2) is 30.5 Å². The smallest absolute Gasteiger partial charge is 0.132 e. The number of nitrogens with one attached hydrogen (secondary N) is 3. The lowest BCUT2D eigenvalue weighted by Crippen LogP contribution is -2.38. The van der Waals surface area contributed by atoms with E-state index in [0.717, 1.165) is 24.3 Å². The second-order valence-electron chi connectivity index (χ2n) is 4.30. The minimum absolute atomic E-state index is 0.162. The van der Waals surface area contributed by atoms with Crippen molar-refractivity contribution in [2.24, 2.45) is 0 Å². The fraction of sp³-hybridized carbons (Fsp3) is 0.308. The Bertz CT molecular complexity index is 532. The Morgan fingerprint density at radius 2 is 2.06 bits per heavy atom. The summed E-state index contributed by atoms with van der Waals surface area (Å²) in [4.78, 5) is 4.44. The van der Waals surface area contributed by atoms with Gasteiger partial charge in [-0.1, -0.05) is 12.1 Å². The Morgan fingerprint density at radius 1 is 1.24 bits per heavy atom. The second-order valence-corrected chi connectivity index (χ2v) is 4.30. The van der Waals surface area contributed by atoms with E-state index >= 15 is 0 Å². The molecule has 4 nitrogen and oxygen atoms in total. The Balaban J connectivity index is 1.96. The van der Waals surface area contributed by atoms with Crippen molar-refractivity contribution >= 4 is 16.6 Å². The second kappa shape index (κ2) is 4.31. The molecular formula is C13H16N4. The van der Waals surface area contributed by atoms with Gasteiger partial charge in [0.15, 0.2) is 0 Å². The maximum Gasteiger partial charge on any atom is 0.132 e. The lowest BCUT2D eigenvalue weighted by Gasteiger charge is -2.17. The average Bonchev–Trinajstić information content (AvgIpc) is 2.86. The molecule has 1 fully saturated rings. The topological polar surface area (TPSA) is 49.0 Å². The molecule has 0 unspecified atom stereocenters. The summed E-state index contributed by atoms with van der Waals surface area (Å²) in [6.45, 7) is 4.11. The zero-order valence-corrected chi connectivity index (χ0v) is 9.83. The van der Waals surface area contributed by atoms with Gasteiger partial charge in [-0.25, -0.2) is 0 Å². The minimum Gasteiger partial charge on any atom is -0.357 e. The first kappa shape index (κ1) is 10.5. The van der Waals surface area contributed by atoms with Crippen molar-refractivity contribution in [2.45, 2.75) is 13.2 Å². The van der Waals surface area contributed by atoms with Gasteiger partial charge in [-0.05, 0) is 24.6 Å². The molecule has 0 amide bonds. The van der Waals surface area contributed by atoms with Gasteiger partial charge in [0, 0.05) is 30.4 Å². The van der Waals surface area contributed by atoms with Crippen molar-refractivity contribution in [2.75, 3.05) is 18.4 Å². The summed E-state index contributed by atoms with van der Waals surface area (Å²) in [6, 6.07) is 8.27. The molecule has 0 spiro atoms. The van der Waals surface area contributed by atoms with Crippen LogP contribution >= 0.6 is 0 Å². The van der Waals surface area contributed by atoms with Crippen LogP contribution in [-0.4, -0.2) is 24.4 Å². The van der Waals surface area contributed by atoms with Gasteiger partial charge in [0.25, 0.3) is 0 Å². The molecule has 1 aromatic heterocycles. The van der Waals surface area contributed by atoms with Gasteiger partial charge in [0.05, 0.1) is 5.52 Å². The number of fused-ring (bicyclic) bond motifs is 1. The van der Waals surface area contributed by atoms with E-state index in [2.05, 4.69) is 46.1 Å². The van der Waals surface area contributed by atoms with Gasteiger partial charge < -0.3 is 5.32 Å². The molecular weight excluding hydrogens is 212 g/mol. The molecule has 3 rings (SSSR count). The summed E-state index contributed by atoms with van der Waals surface area (Å²) < 4.78 is 0. The van der Waals surface area contributed by atoms with Crippen LogP contribution in [-0.2, 0) is 0 Å². The first-order valence-corrected chi connectivity index (χ1v) is 5.92. The molecule has 0 atom stereocenters. The number of rotatable bonds is 2. The number of pyridine rings is 1. The van der Waals surface area contributed by atoms with Crippen molar-refractivity contribution in [3.05, 3.63) is 36.0 Å². The first-order chi connectivity index (χ1) is 8.34. The van der Waals surface area contributed by atoms with Gasteiger partial charge in [-0.3, -0.25) is 15.6 Å². The van der Waals surface area contributed by atoms with E-state index in [1.807, 2.05) is 12.3 Å². The molecule has 0 radical (unpaired) electrons. The van der Waals surface area contributed by atoms with E-state index < -0.39 is 0 Å². The Labute approximate surface area is 100 Å². The zero-order chi connectivity index (χ0) is 11.7. The van der Waals surface area contributed by atoms with Crippen LogP contribution in [0.4, 0.5) is 5.69 Å². The Morgan fingerprint density at radius 3 is 2.88 bits per heavy atom. The van der Waals surface area contributed by atoms with Crippen LogP contribution < -0.4 is 16.0 Å². The number of benzene rings is 1. The molecule has 17 heavy (non-hydrogen) atoms. The van der Waals surface area contributed by atoms with E-state index in [9.17, 15) is 0 Å². The summed E-state index contributed by atoms with van der Waals surface area (Å²) in [6.07, 6.45) is 2.00. The SMILES string of the molecule is Cc1c(NC2NCCN2)ccc2cccnc12. The maximum absolute atomic E-state index is 4.44. The predicted molar refractivity (Wildman–Crippen MR) is 69.9 cm³/mol. The van der Waals surface area contributed by atoms with Crippen molar-refractivity contribution in [1.82, 2.24) is 15.6 Å². The highest BCUT2D eigenvalue weighted by Crippen LogP contribution is 2.23. The molecule has 2 aromatic rings. The molecule has 1 aliphatic heterocycles. The van der Waals surface area contributed by atoms with Crippen LogP contribution in [0.5, 0.6) is 0 Å². The van der Waals surface area contributed by atoms with Crippen LogP contribution in [0.3, 0.4) is 0 Å². The zero-order valence-electron chi connectivity index (χ0n) is 9.83. The molecule has 0 aliphatic carbocycles. The van der Waals surface area contributed by atoms with Gasteiger partial charge in [-0.2, -0.15) is 0 Å². The van der Waals surface area contributed by atoms with Crippen molar-refractivity contribution < 1.29 is 0 Å². The van der Waals surface area contributed by atoms with E-state index in [0.29, 0.717) is 0 Å². The highest BCUT2D eigenvalue weighted by Gasteiger charge is 2.13. The number of hydrogen-bond acceptors (Lipinski definition) is 4. The molecule has 0 bridgehead atoms. The first-order valence-electron chi connectivity index (χ1n) is 5.92. The molecule has 0 saturated carbocycles. The number of nitrogens with zero attached hydrogens (tertiary/aromatic N) is 1. The van der Waals surface area contributed by atoms with Crippen molar-refractivity contribution in [3.8, 4) is 0 Å². The third kappa shape index (κ3) is 1.97. The van der Waals surface area contributed by atoms with Crippen molar-refractivity contribution in [3.63, 3.8) is 0 Å². The summed E-state index contributed by atoms with van der Waals surface area (Å²) >= 11 is 0. The van der Waals surface area contributed by atoms with Gasteiger partial charge in [-0.15, -0.1) is 0 Å². The standard InChI is InChI=1S/C13H16N4/c1-9-11(17-13-15-7-8-16-13)5-4-10-3-2-6-14-12(9)10/h2-6,13,15-17H,7-8H2,1H3. The highest BCUT2D eigenvalue weighted by molar-refractivity contribution is 5.86. The largest absolute Gasteiger partial charge is 0.357 e. The van der Waals surface area contributed by atoms with E-state index in [-0.39, 0.29) is 6.29 Å². The third-order valence-corrected chi connectivity index (χ3v) is 3.15. The quantitative estimate of drug-likeness (QED) is 0.728. The lowest BCUT2D eigenvalue weighted by atomic mass is 10.1. The number of hydrogen-bond donors (Lipinski definition) is 3. The molecule has 1 aliphatic rings. The van der Waals surface area contributed by atoms with Crippen LogP contribution in [0.1, 0.15) is 5.56 Å². The van der Waals surface area contributed by atoms with Gasteiger partial charge >= 0.3 is 0 Å². The Hall–Kier alpha value is -1.65. The molecule has 3 N–H and O–H groups in total. The summed E-state index contributed by atoms with van der Waals surface area (Å²) in [7, 11) is 0. The lowest BCUT2D eigenvalue weighted by molar-refractivity contribution is 0.620. The van der Waals surface area contributed by atoms with Crippen LogP contribution in [0, 0.1) is 6.92 Å². The minimum atomic E-state index is 0.162. The molecule has 88 valence electrons. The molecule has 2 heterocycles. The monoisotopic (exact) mass is 228 g/mol. The van der Waals surface area contributed by atoms with Gasteiger partial charge in [0.1, 0.15) is 6.29 Å². The predicted octanol–water partition coefficient (Wildman–Crippen LogP) is 1.43. The van der Waals surface area contributed by atoms with Crippen LogP contribution in [0.2, 0.25) is 0 Å². The van der Waals surface area contributed by atoms with E-state index in [1.54, 1.807) is 0 Å². The Kier molecular flexibility index (Phi) is 2.66.